The quantitative estimate of drug-likeness (QED) is 0.549. The fourth-order valence-corrected chi connectivity index (χ4v) is 4.32. The molecule has 0 N–H and O–H groups in total. The van der Waals surface area contributed by atoms with Gasteiger partial charge in [-0.05, 0) is 57.8 Å². The van der Waals surface area contributed by atoms with Gasteiger partial charge in [-0.15, -0.1) is 11.3 Å². The second-order valence-corrected chi connectivity index (χ2v) is 13.6. The van der Waals surface area contributed by atoms with Crippen molar-refractivity contribution < 1.29 is 4.43 Å². The van der Waals surface area contributed by atoms with Crippen LogP contribution in [0, 0.1) is 0 Å². The molecule has 0 atom stereocenters. The summed E-state index contributed by atoms with van der Waals surface area (Å²) in [6.45, 7) is 11.4. The normalized spacial score (nSPS) is 12.5. The minimum absolute atomic E-state index is 0.224. The van der Waals surface area contributed by atoms with E-state index < -0.39 is 8.32 Å². The molecule has 2 rings (SSSR count). The molecule has 1 aromatic heterocycles. The van der Waals surface area contributed by atoms with Gasteiger partial charge in [0.25, 0.3) is 0 Å². The summed E-state index contributed by atoms with van der Waals surface area (Å²) < 4.78 is 7.55. The summed E-state index contributed by atoms with van der Waals surface area (Å²) >= 11 is 5.30. The first-order valence-electron chi connectivity index (χ1n) is 7.18. The van der Waals surface area contributed by atoms with Crippen molar-refractivity contribution in [3.05, 3.63) is 50.6 Å². The van der Waals surface area contributed by atoms with E-state index in [4.69, 9.17) is 4.43 Å². The zero-order valence-electron chi connectivity index (χ0n) is 13.4. The highest BCUT2D eigenvalue weighted by Gasteiger charge is 2.38. The maximum Gasteiger partial charge on any atom is 0.250 e. The first-order valence-corrected chi connectivity index (χ1v) is 11.8. The van der Waals surface area contributed by atoms with Crippen LogP contribution in [0.25, 0.3) is 0 Å². The van der Waals surface area contributed by atoms with Gasteiger partial charge in [0.05, 0.1) is 0 Å². The molecule has 0 radical (unpaired) electrons. The van der Waals surface area contributed by atoms with Crippen LogP contribution in [0.3, 0.4) is 0 Å². The number of hydrogen-bond donors (Lipinski definition) is 0. The molecule has 0 fully saturated rings. The average molecular weight is 383 g/mol. The molecule has 0 aliphatic carbocycles. The molecule has 114 valence electrons. The SMILES string of the molecule is CC(C)(C)[Si](C)(C)Oc1cccc(Cc2cc(Br)cs2)c1. The van der Waals surface area contributed by atoms with E-state index in [0.717, 1.165) is 16.6 Å². The smallest absolute Gasteiger partial charge is 0.250 e. The molecule has 1 nitrogen and oxygen atoms in total. The van der Waals surface area contributed by atoms with Crippen LogP contribution in [0.4, 0.5) is 0 Å². The first kappa shape index (κ1) is 16.8. The van der Waals surface area contributed by atoms with Crippen LogP contribution in [0.5, 0.6) is 5.75 Å². The topological polar surface area (TPSA) is 9.23 Å². The van der Waals surface area contributed by atoms with E-state index in [0.29, 0.717) is 0 Å². The summed E-state index contributed by atoms with van der Waals surface area (Å²) in [5.41, 5.74) is 1.31. The van der Waals surface area contributed by atoms with Crippen LogP contribution >= 0.6 is 27.3 Å². The second-order valence-electron chi connectivity index (χ2n) is 6.92. The largest absolute Gasteiger partial charge is 0.543 e. The summed E-state index contributed by atoms with van der Waals surface area (Å²) in [7, 11) is -1.76. The molecule has 1 heterocycles. The fourth-order valence-electron chi connectivity index (χ4n) is 1.81. The summed E-state index contributed by atoms with van der Waals surface area (Å²) in [5.74, 6) is 1.01. The maximum absolute atomic E-state index is 6.38. The summed E-state index contributed by atoms with van der Waals surface area (Å²) in [6, 6.07) is 10.7. The lowest BCUT2D eigenvalue weighted by Crippen LogP contribution is -2.43. The van der Waals surface area contributed by atoms with Gasteiger partial charge in [0.2, 0.25) is 8.32 Å². The van der Waals surface area contributed by atoms with E-state index >= 15 is 0 Å². The number of benzene rings is 1. The summed E-state index contributed by atoms with van der Waals surface area (Å²) in [4.78, 5) is 1.37. The standard InChI is InChI=1S/C17H23BrOSSi/c1-17(2,3)21(4,5)19-15-8-6-7-13(9-15)10-16-11-14(18)12-20-16/h6-9,11-12H,10H2,1-5H3. The number of hydrogen-bond acceptors (Lipinski definition) is 2. The van der Waals surface area contributed by atoms with Crippen molar-refractivity contribution in [3.63, 3.8) is 0 Å². The van der Waals surface area contributed by atoms with Crippen LogP contribution in [-0.2, 0) is 6.42 Å². The van der Waals surface area contributed by atoms with Crippen LogP contribution in [-0.4, -0.2) is 8.32 Å². The van der Waals surface area contributed by atoms with Crippen molar-refractivity contribution in [2.24, 2.45) is 0 Å². The molecule has 0 bridgehead atoms. The van der Waals surface area contributed by atoms with Gasteiger partial charge < -0.3 is 4.43 Å². The molecule has 1 aromatic carbocycles. The van der Waals surface area contributed by atoms with Gasteiger partial charge in [0, 0.05) is 21.2 Å². The van der Waals surface area contributed by atoms with Gasteiger partial charge in [-0.25, -0.2) is 0 Å². The monoisotopic (exact) mass is 382 g/mol. The molecule has 0 saturated carbocycles. The lowest BCUT2D eigenvalue weighted by atomic mass is 10.1. The Bertz CT molecular complexity index is 613. The van der Waals surface area contributed by atoms with Crippen molar-refractivity contribution in [3.8, 4) is 5.75 Å². The molecular formula is C17H23BrOSSi. The maximum atomic E-state index is 6.38. The average Bonchev–Trinajstić information content (AvgIpc) is 2.73. The fraction of sp³-hybridized carbons (Fsp3) is 0.412. The van der Waals surface area contributed by atoms with Gasteiger partial charge in [-0.2, -0.15) is 0 Å². The first-order chi connectivity index (χ1) is 9.67. The van der Waals surface area contributed by atoms with E-state index in [1.807, 2.05) is 0 Å². The number of rotatable bonds is 4. The highest BCUT2D eigenvalue weighted by molar-refractivity contribution is 9.10. The van der Waals surface area contributed by atoms with Crippen molar-refractivity contribution in [2.45, 2.75) is 45.3 Å². The Morgan fingerprint density at radius 1 is 1.19 bits per heavy atom. The van der Waals surface area contributed by atoms with E-state index in [1.165, 1.54) is 10.4 Å². The molecule has 0 saturated heterocycles. The van der Waals surface area contributed by atoms with Crippen LogP contribution < -0.4 is 4.43 Å². The van der Waals surface area contributed by atoms with Gasteiger partial charge in [-0.1, -0.05) is 32.9 Å². The van der Waals surface area contributed by atoms with Crippen LogP contribution in [0.1, 0.15) is 31.2 Å². The highest BCUT2D eigenvalue weighted by atomic mass is 79.9. The zero-order chi connectivity index (χ0) is 15.7. The van der Waals surface area contributed by atoms with E-state index in [-0.39, 0.29) is 5.04 Å². The predicted molar refractivity (Wildman–Crippen MR) is 99.1 cm³/mol. The van der Waals surface area contributed by atoms with Crippen molar-refractivity contribution >= 4 is 35.6 Å². The Labute approximate surface area is 141 Å². The molecule has 0 amide bonds. The molecule has 2 aromatic rings. The molecule has 0 spiro atoms. The van der Waals surface area contributed by atoms with Gasteiger partial charge >= 0.3 is 0 Å². The van der Waals surface area contributed by atoms with E-state index in [1.54, 1.807) is 11.3 Å². The number of thiophene rings is 1. The van der Waals surface area contributed by atoms with Gasteiger partial charge in [-0.3, -0.25) is 0 Å². The lowest BCUT2D eigenvalue weighted by molar-refractivity contribution is 0.492. The third-order valence-electron chi connectivity index (χ3n) is 4.08. The Morgan fingerprint density at radius 2 is 1.90 bits per heavy atom. The lowest BCUT2D eigenvalue weighted by Gasteiger charge is -2.36. The van der Waals surface area contributed by atoms with Gasteiger partial charge in [0.15, 0.2) is 0 Å². The van der Waals surface area contributed by atoms with Crippen molar-refractivity contribution in [1.82, 2.24) is 0 Å². The van der Waals surface area contributed by atoms with Crippen molar-refractivity contribution in [1.29, 1.82) is 0 Å². The third-order valence-corrected chi connectivity index (χ3v) is 10.1. The van der Waals surface area contributed by atoms with Crippen molar-refractivity contribution in [2.75, 3.05) is 0 Å². The molecule has 0 aliphatic rings. The van der Waals surface area contributed by atoms with E-state index in [2.05, 4.69) is 85.5 Å². The molecule has 0 unspecified atom stereocenters. The minimum atomic E-state index is -1.76. The van der Waals surface area contributed by atoms with Crippen LogP contribution in [0.2, 0.25) is 18.1 Å². The Hall–Kier alpha value is -0.583. The molecule has 21 heavy (non-hydrogen) atoms. The predicted octanol–water partition coefficient (Wildman–Crippen LogP) is 6.49. The Kier molecular flexibility index (Phi) is 5.01. The molecular weight excluding hydrogens is 360 g/mol. The summed E-state index contributed by atoms with van der Waals surface area (Å²) in [6.07, 6.45) is 0.963. The summed E-state index contributed by atoms with van der Waals surface area (Å²) in [5, 5.41) is 2.35. The second kappa shape index (κ2) is 6.27. The Morgan fingerprint density at radius 3 is 2.48 bits per heavy atom. The molecule has 0 aliphatic heterocycles. The molecule has 4 heteroatoms. The number of halogens is 1. The minimum Gasteiger partial charge on any atom is -0.543 e. The van der Waals surface area contributed by atoms with Gasteiger partial charge in [0.1, 0.15) is 5.75 Å². The van der Waals surface area contributed by atoms with E-state index in [9.17, 15) is 0 Å². The Balaban J connectivity index is 2.14. The zero-order valence-corrected chi connectivity index (χ0v) is 16.8. The highest BCUT2D eigenvalue weighted by Crippen LogP contribution is 2.37. The third kappa shape index (κ3) is 4.44. The van der Waals surface area contributed by atoms with Crippen LogP contribution in [0.15, 0.2) is 40.2 Å².